The van der Waals surface area contributed by atoms with E-state index in [0.29, 0.717) is 17.7 Å². The van der Waals surface area contributed by atoms with Crippen molar-refractivity contribution < 1.29 is 9.90 Å². The van der Waals surface area contributed by atoms with E-state index >= 15 is 0 Å². The summed E-state index contributed by atoms with van der Waals surface area (Å²) in [5.74, 6) is 0. The number of nitrogens with zero attached hydrogens (tertiary/aromatic N) is 1. The molecule has 0 aliphatic heterocycles. The van der Waals surface area contributed by atoms with Crippen LogP contribution in [-0.2, 0) is 0 Å². The topological polar surface area (TPSA) is 76.2 Å². The Bertz CT molecular complexity index is 276. The molecule has 4 nitrogen and oxygen atoms in total. The molecule has 3 N–H and O–H groups in total. The summed E-state index contributed by atoms with van der Waals surface area (Å²) < 4.78 is 0. The van der Waals surface area contributed by atoms with E-state index in [9.17, 15) is 4.79 Å². The molecule has 12 heavy (non-hydrogen) atoms. The summed E-state index contributed by atoms with van der Waals surface area (Å²) in [6, 6.07) is 4.43. The van der Waals surface area contributed by atoms with Crippen molar-refractivity contribution in [3.8, 4) is 0 Å². The molecule has 1 aromatic rings. The van der Waals surface area contributed by atoms with Crippen LogP contribution in [0.15, 0.2) is 18.2 Å². The van der Waals surface area contributed by atoms with E-state index in [4.69, 9.17) is 10.8 Å². The van der Waals surface area contributed by atoms with Gasteiger partial charge in [0.2, 0.25) is 0 Å². The molecule has 0 aliphatic rings. The SMILES string of the molecule is N[C@H](CO)c1cccc(C=O)n1. The minimum Gasteiger partial charge on any atom is -0.394 e. The molecular weight excluding hydrogens is 156 g/mol. The summed E-state index contributed by atoms with van der Waals surface area (Å²) in [7, 11) is 0. The van der Waals surface area contributed by atoms with Gasteiger partial charge in [-0.05, 0) is 12.1 Å². The van der Waals surface area contributed by atoms with E-state index in [-0.39, 0.29) is 6.61 Å². The fourth-order valence-electron chi connectivity index (χ4n) is 0.835. The molecule has 0 radical (unpaired) electrons. The lowest BCUT2D eigenvalue weighted by Gasteiger charge is -2.06. The molecule has 0 aliphatic carbocycles. The summed E-state index contributed by atoms with van der Waals surface area (Å²) in [6.07, 6.45) is 0.646. The quantitative estimate of drug-likeness (QED) is 0.614. The number of aliphatic hydroxyl groups is 1. The maximum absolute atomic E-state index is 10.3. The molecular formula is C8H10N2O2. The van der Waals surface area contributed by atoms with Gasteiger partial charge in [0.05, 0.1) is 18.3 Å². The summed E-state index contributed by atoms with van der Waals surface area (Å²) in [4.78, 5) is 14.2. The normalized spacial score (nSPS) is 12.5. The van der Waals surface area contributed by atoms with E-state index in [0.717, 1.165) is 0 Å². The minimum absolute atomic E-state index is 0.171. The minimum atomic E-state index is -0.509. The van der Waals surface area contributed by atoms with Crippen LogP contribution in [0.3, 0.4) is 0 Å². The second kappa shape index (κ2) is 3.94. The van der Waals surface area contributed by atoms with Crippen LogP contribution in [-0.4, -0.2) is 23.0 Å². The highest BCUT2D eigenvalue weighted by atomic mass is 16.3. The van der Waals surface area contributed by atoms with Crippen LogP contribution in [0.5, 0.6) is 0 Å². The van der Waals surface area contributed by atoms with Crippen molar-refractivity contribution in [2.24, 2.45) is 5.73 Å². The maximum Gasteiger partial charge on any atom is 0.168 e. The lowest BCUT2D eigenvalue weighted by atomic mass is 10.2. The van der Waals surface area contributed by atoms with Gasteiger partial charge in [-0.15, -0.1) is 0 Å². The average molecular weight is 166 g/mol. The lowest BCUT2D eigenvalue weighted by Crippen LogP contribution is -2.16. The van der Waals surface area contributed by atoms with Gasteiger partial charge in [-0.2, -0.15) is 0 Å². The largest absolute Gasteiger partial charge is 0.394 e. The molecule has 1 rings (SSSR count). The predicted molar refractivity (Wildman–Crippen MR) is 43.6 cm³/mol. The number of hydrogen-bond acceptors (Lipinski definition) is 4. The van der Waals surface area contributed by atoms with Crippen molar-refractivity contribution >= 4 is 6.29 Å². The van der Waals surface area contributed by atoms with E-state index in [1.807, 2.05) is 0 Å². The zero-order chi connectivity index (χ0) is 8.97. The predicted octanol–water partition coefficient (Wildman–Crippen LogP) is -0.114. The number of aliphatic hydroxyl groups excluding tert-OH is 1. The first-order valence-electron chi connectivity index (χ1n) is 3.56. The number of carbonyl (C=O) groups excluding carboxylic acids is 1. The number of aromatic nitrogens is 1. The fraction of sp³-hybridized carbons (Fsp3) is 0.250. The van der Waals surface area contributed by atoms with Crippen molar-refractivity contribution in [1.82, 2.24) is 4.98 Å². The number of aldehydes is 1. The molecule has 0 unspecified atom stereocenters. The van der Waals surface area contributed by atoms with Gasteiger partial charge in [-0.1, -0.05) is 6.07 Å². The number of rotatable bonds is 3. The Hall–Kier alpha value is -1.26. The van der Waals surface area contributed by atoms with Gasteiger partial charge in [0.15, 0.2) is 6.29 Å². The molecule has 0 spiro atoms. The van der Waals surface area contributed by atoms with Gasteiger partial charge >= 0.3 is 0 Å². The Morgan fingerprint density at radius 2 is 2.42 bits per heavy atom. The molecule has 64 valence electrons. The van der Waals surface area contributed by atoms with Crippen molar-refractivity contribution in [3.05, 3.63) is 29.6 Å². The first kappa shape index (κ1) is 8.83. The first-order valence-corrected chi connectivity index (χ1v) is 3.56. The zero-order valence-electron chi connectivity index (χ0n) is 6.47. The van der Waals surface area contributed by atoms with Crippen LogP contribution in [0.2, 0.25) is 0 Å². The Morgan fingerprint density at radius 1 is 1.67 bits per heavy atom. The number of pyridine rings is 1. The molecule has 1 aromatic heterocycles. The molecule has 0 saturated carbocycles. The van der Waals surface area contributed by atoms with Gasteiger partial charge in [0, 0.05) is 0 Å². The van der Waals surface area contributed by atoms with E-state index in [1.54, 1.807) is 18.2 Å². The summed E-state index contributed by atoms with van der Waals surface area (Å²) in [6.45, 7) is -0.171. The maximum atomic E-state index is 10.3. The third-order valence-corrected chi connectivity index (χ3v) is 1.49. The smallest absolute Gasteiger partial charge is 0.168 e. The molecule has 0 saturated heterocycles. The Kier molecular flexibility index (Phi) is 2.90. The summed E-state index contributed by atoms with van der Waals surface area (Å²) >= 11 is 0. The van der Waals surface area contributed by atoms with Gasteiger partial charge in [0.1, 0.15) is 5.69 Å². The van der Waals surface area contributed by atoms with Crippen molar-refractivity contribution in [2.75, 3.05) is 6.61 Å². The highest BCUT2D eigenvalue weighted by molar-refractivity contribution is 5.71. The van der Waals surface area contributed by atoms with Crippen molar-refractivity contribution in [3.63, 3.8) is 0 Å². The first-order chi connectivity index (χ1) is 5.77. The van der Waals surface area contributed by atoms with E-state index < -0.39 is 6.04 Å². The van der Waals surface area contributed by atoms with Gasteiger partial charge < -0.3 is 10.8 Å². The van der Waals surface area contributed by atoms with Gasteiger partial charge in [0.25, 0.3) is 0 Å². The van der Waals surface area contributed by atoms with Crippen LogP contribution < -0.4 is 5.73 Å². The Balaban J connectivity index is 2.93. The highest BCUT2D eigenvalue weighted by Crippen LogP contribution is 2.05. The van der Waals surface area contributed by atoms with Crippen molar-refractivity contribution in [2.45, 2.75) is 6.04 Å². The van der Waals surface area contributed by atoms with Gasteiger partial charge in [-0.25, -0.2) is 4.98 Å². The standard InChI is InChI=1S/C8H10N2O2/c9-7(5-12)8-3-1-2-6(4-11)10-8/h1-4,7,12H,5,9H2/t7-/m1/s1. The second-order valence-corrected chi connectivity index (χ2v) is 2.39. The van der Waals surface area contributed by atoms with Crippen LogP contribution in [0, 0.1) is 0 Å². The molecule has 0 amide bonds. The van der Waals surface area contributed by atoms with E-state index in [2.05, 4.69) is 4.98 Å². The molecule has 1 heterocycles. The van der Waals surface area contributed by atoms with Crippen LogP contribution >= 0.6 is 0 Å². The molecule has 0 bridgehead atoms. The summed E-state index contributed by atoms with van der Waals surface area (Å²) in [5.41, 5.74) is 6.35. The number of carbonyl (C=O) groups is 1. The van der Waals surface area contributed by atoms with Crippen LogP contribution in [0.25, 0.3) is 0 Å². The molecule has 1 atom stereocenters. The Morgan fingerprint density at radius 3 is 3.00 bits per heavy atom. The summed E-state index contributed by atoms with van der Waals surface area (Å²) in [5, 5.41) is 8.70. The van der Waals surface area contributed by atoms with Crippen LogP contribution in [0.1, 0.15) is 22.2 Å². The molecule has 0 fully saturated rings. The van der Waals surface area contributed by atoms with Crippen LogP contribution in [0.4, 0.5) is 0 Å². The number of hydrogen-bond donors (Lipinski definition) is 2. The molecule has 0 aromatic carbocycles. The lowest BCUT2D eigenvalue weighted by molar-refractivity contribution is 0.111. The third-order valence-electron chi connectivity index (χ3n) is 1.49. The average Bonchev–Trinajstić information content (AvgIpc) is 2.17. The molecule has 4 heteroatoms. The monoisotopic (exact) mass is 166 g/mol. The second-order valence-electron chi connectivity index (χ2n) is 2.39. The fourth-order valence-corrected chi connectivity index (χ4v) is 0.835. The van der Waals surface area contributed by atoms with Gasteiger partial charge in [-0.3, -0.25) is 4.79 Å². The number of nitrogens with two attached hydrogens (primary N) is 1. The van der Waals surface area contributed by atoms with Crippen molar-refractivity contribution in [1.29, 1.82) is 0 Å². The highest BCUT2D eigenvalue weighted by Gasteiger charge is 2.05. The Labute approximate surface area is 70.0 Å². The van der Waals surface area contributed by atoms with E-state index in [1.165, 1.54) is 0 Å². The zero-order valence-corrected chi connectivity index (χ0v) is 6.47. The third kappa shape index (κ3) is 1.87.